The molecule has 1 saturated heterocycles. The second kappa shape index (κ2) is 5.80. The van der Waals surface area contributed by atoms with E-state index in [9.17, 15) is 9.65 Å². The quantitative estimate of drug-likeness (QED) is 0.845. The maximum absolute atomic E-state index is 13.9. The van der Waals surface area contributed by atoms with E-state index in [0.29, 0.717) is 17.7 Å². The number of aromatic nitrogens is 1. The predicted molar refractivity (Wildman–Crippen MR) is 81.8 cm³/mol. The molecule has 2 aromatic rings. The topological polar surface area (TPSA) is 53.1 Å². The van der Waals surface area contributed by atoms with Gasteiger partial charge in [-0.15, -0.1) is 0 Å². The Bertz CT molecular complexity index is 709. The summed E-state index contributed by atoms with van der Waals surface area (Å²) in [6.07, 6.45) is 1.16. The normalized spacial score (nSPS) is 21.6. The molecule has 22 heavy (non-hydrogen) atoms. The monoisotopic (exact) mass is 299 g/mol. The van der Waals surface area contributed by atoms with Gasteiger partial charge in [-0.05, 0) is 30.4 Å². The fourth-order valence-electron chi connectivity index (χ4n) is 3.18. The molecule has 1 aliphatic heterocycles. The van der Waals surface area contributed by atoms with Crippen LogP contribution in [-0.2, 0) is 0 Å². The Morgan fingerprint density at radius 3 is 2.59 bits per heavy atom. The van der Waals surface area contributed by atoms with E-state index in [1.165, 1.54) is 6.07 Å². The van der Waals surface area contributed by atoms with Gasteiger partial charge in [0.05, 0.1) is 5.56 Å². The van der Waals surface area contributed by atoms with Crippen LogP contribution in [0.25, 0.3) is 11.5 Å². The third-order valence-corrected chi connectivity index (χ3v) is 3.98. The number of benzene rings is 1. The van der Waals surface area contributed by atoms with Crippen LogP contribution in [0.3, 0.4) is 0 Å². The van der Waals surface area contributed by atoms with Gasteiger partial charge in [0.15, 0.2) is 0 Å². The van der Waals surface area contributed by atoms with Gasteiger partial charge in [-0.25, -0.2) is 4.39 Å². The lowest BCUT2D eigenvalue weighted by atomic mass is 9.92. The van der Waals surface area contributed by atoms with Crippen LogP contribution in [0.5, 0.6) is 0 Å². The summed E-state index contributed by atoms with van der Waals surface area (Å²) in [4.78, 5) is 6.23. The molecule has 1 aromatic heterocycles. The molecule has 0 amide bonds. The number of hydrogen-bond acceptors (Lipinski definition) is 4. The minimum Gasteiger partial charge on any atom is -0.419 e. The van der Waals surface area contributed by atoms with Crippen molar-refractivity contribution in [2.45, 2.75) is 20.3 Å². The van der Waals surface area contributed by atoms with Crippen molar-refractivity contribution in [1.82, 2.24) is 4.98 Å². The first kappa shape index (κ1) is 14.6. The second-order valence-corrected chi connectivity index (χ2v) is 6.12. The van der Waals surface area contributed by atoms with Gasteiger partial charge in [-0.3, -0.25) is 0 Å². The molecule has 0 aliphatic carbocycles. The highest BCUT2D eigenvalue weighted by Crippen LogP contribution is 2.33. The van der Waals surface area contributed by atoms with E-state index in [0.717, 1.165) is 19.5 Å². The Kier molecular flexibility index (Phi) is 3.84. The Morgan fingerprint density at radius 2 is 1.95 bits per heavy atom. The standard InChI is InChI=1S/C17H18FN3O/c1-11-7-12(2)10-21(9-11)17-15(8-19)20-16(22-17)13-5-3-4-6-14(13)18/h3-6,11-12H,7,9-10H2,1-2H3/t11-,12-/m0/s1. The molecule has 4 nitrogen and oxygen atoms in total. The van der Waals surface area contributed by atoms with Crippen LogP contribution in [0.15, 0.2) is 28.7 Å². The Balaban J connectivity index is 1.99. The van der Waals surface area contributed by atoms with Gasteiger partial charge in [-0.2, -0.15) is 10.2 Å². The molecule has 5 heteroatoms. The zero-order valence-electron chi connectivity index (χ0n) is 12.7. The number of halogens is 1. The maximum atomic E-state index is 13.9. The summed E-state index contributed by atoms with van der Waals surface area (Å²) in [5.74, 6) is 1.27. The minimum absolute atomic E-state index is 0.163. The molecule has 3 rings (SSSR count). The molecule has 2 atom stereocenters. The van der Waals surface area contributed by atoms with Crippen LogP contribution in [-0.4, -0.2) is 18.1 Å². The molecular weight excluding hydrogens is 281 g/mol. The van der Waals surface area contributed by atoms with Crippen molar-refractivity contribution in [3.63, 3.8) is 0 Å². The fraction of sp³-hybridized carbons (Fsp3) is 0.412. The molecule has 0 spiro atoms. The lowest BCUT2D eigenvalue weighted by molar-refractivity contribution is 0.344. The third kappa shape index (κ3) is 2.69. The van der Waals surface area contributed by atoms with E-state index in [2.05, 4.69) is 29.8 Å². The van der Waals surface area contributed by atoms with Crippen molar-refractivity contribution in [3.05, 3.63) is 35.8 Å². The van der Waals surface area contributed by atoms with Gasteiger partial charge in [-0.1, -0.05) is 26.0 Å². The number of rotatable bonds is 2. The molecule has 114 valence electrons. The molecule has 0 saturated carbocycles. The highest BCUT2D eigenvalue weighted by Gasteiger charge is 2.28. The highest BCUT2D eigenvalue weighted by molar-refractivity contribution is 5.60. The van der Waals surface area contributed by atoms with Gasteiger partial charge in [0, 0.05) is 13.1 Å². The number of nitrogens with zero attached hydrogens (tertiary/aromatic N) is 3. The first-order valence-electron chi connectivity index (χ1n) is 7.49. The third-order valence-electron chi connectivity index (χ3n) is 3.98. The zero-order chi connectivity index (χ0) is 15.7. The molecule has 2 heterocycles. The van der Waals surface area contributed by atoms with E-state index < -0.39 is 5.82 Å². The van der Waals surface area contributed by atoms with E-state index in [-0.39, 0.29) is 17.1 Å². The Hall–Kier alpha value is -2.35. The number of anilines is 1. The van der Waals surface area contributed by atoms with Crippen LogP contribution in [0.2, 0.25) is 0 Å². The van der Waals surface area contributed by atoms with Crippen LogP contribution >= 0.6 is 0 Å². The van der Waals surface area contributed by atoms with Crippen molar-refractivity contribution in [3.8, 4) is 17.5 Å². The van der Waals surface area contributed by atoms with Crippen molar-refractivity contribution in [2.24, 2.45) is 11.8 Å². The molecule has 0 N–H and O–H groups in total. The summed E-state index contributed by atoms with van der Waals surface area (Å²) in [5.41, 5.74) is 0.503. The van der Waals surface area contributed by atoms with Crippen molar-refractivity contribution < 1.29 is 8.81 Å². The summed E-state index contributed by atoms with van der Waals surface area (Å²) in [5, 5.41) is 9.32. The average molecular weight is 299 g/mol. The smallest absolute Gasteiger partial charge is 0.235 e. The number of nitriles is 1. The van der Waals surface area contributed by atoms with E-state index in [1.54, 1.807) is 18.2 Å². The Morgan fingerprint density at radius 1 is 1.27 bits per heavy atom. The first-order valence-corrected chi connectivity index (χ1v) is 7.49. The van der Waals surface area contributed by atoms with Gasteiger partial charge in [0.1, 0.15) is 11.9 Å². The summed E-state index contributed by atoms with van der Waals surface area (Å²) in [7, 11) is 0. The molecule has 0 radical (unpaired) electrons. The fourth-order valence-corrected chi connectivity index (χ4v) is 3.18. The molecule has 1 fully saturated rings. The molecular formula is C17H18FN3O. The van der Waals surface area contributed by atoms with Crippen LogP contribution in [0, 0.1) is 29.0 Å². The number of hydrogen-bond donors (Lipinski definition) is 0. The summed E-state index contributed by atoms with van der Waals surface area (Å²) in [6.45, 7) is 6.02. The lowest BCUT2D eigenvalue weighted by Crippen LogP contribution is -2.38. The molecule has 0 bridgehead atoms. The SMILES string of the molecule is C[C@H]1C[C@H](C)CN(c2oc(-c3ccccc3F)nc2C#N)C1. The van der Waals surface area contributed by atoms with Gasteiger partial charge < -0.3 is 9.32 Å². The van der Waals surface area contributed by atoms with Crippen LogP contribution in [0.4, 0.5) is 10.3 Å². The van der Waals surface area contributed by atoms with Crippen molar-refractivity contribution >= 4 is 5.88 Å². The van der Waals surface area contributed by atoms with Crippen molar-refractivity contribution in [1.29, 1.82) is 5.26 Å². The van der Waals surface area contributed by atoms with E-state index in [4.69, 9.17) is 4.42 Å². The lowest BCUT2D eigenvalue weighted by Gasteiger charge is -2.34. The average Bonchev–Trinajstić information content (AvgIpc) is 2.91. The van der Waals surface area contributed by atoms with E-state index in [1.807, 2.05) is 0 Å². The predicted octanol–water partition coefficient (Wildman–Crippen LogP) is 3.83. The van der Waals surface area contributed by atoms with Gasteiger partial charge in [0.2, 0.25) is 17.5 Å². The number of oxazole rings is 1. The summed E-state index contributed by atoms with van der Waals surface area (Å²) < 4.78 is 19.7. The largest absolute Gasteiger partial charge is 0.419 e. The Labute approximate surface area is 129 Å². The molecule has 1 aliphatic rings. The van der Waals surface area contributed by atoms with E-state index >= 15 is 0 Å². The zero-order valence-corrected chi connectivity index (χ0v) is 12.7. The highest BCUT2D eigenvalue weighted by atomic mass is 19.1. The molecule has 1 aromatic carbocycles. The van der Waals surface area contributed by atoms with Crippen molar-refractivity contribution in [2.75, 3.05) is 18.0 Å². The van der Waals surface area contributed by atoms with Gasteiger partial charge >= 0.3 is 0 Å². The minimum atomic E-state index is -0.403. The van der Waals surface area contributed by atoms with Crippen LogP contribution in [0.1, 0.15) is 26.0 Å². The molecule has 0 unspecified atom stereocenters. The number of piperidine rings is 1. The maximum Gasteiger partial charge on any atom is 0.235 e. The first-order chi connectivity index (χ1) is 10.6. The summed E-state index contributed by atoms with van der Waals surface area (Å²) in [6, 6.07) is 8.36. The second-order valence-electron chi connectivity index (χ2n) is 6.12. The van der Waals surface area contributed by atoms with Crippen LogP contribution < -0.4 is 4.90 Å². The summed E-state index contributed by atoms with van der Waals surface area (Å²) >= 11 is 0. The van der Waals surface area contributed by atoms with Gasteiger partial charge in [0.25, 0.3) is 0 Å².